The van der Waals surface area contributed by atoms with Crippen LogP contribution in [0.2, 0.25) is 0 Å². The first kappa shape index (κ1) is 15.9. The molecule has 0 aromatic heterocycles. The molecule has 0 aliphatic heterocycles. The Morgan fingerprint density at radius 1 is 1.11 bits per heavy atom. The zero-order chi connectivity index (χ0) is 14.9. The van der Waals surface area contributed by atoms with Crippen LogP contribution in [0, 0.1) is 10.8 Å². The molecule has 0 fully saturated rings. The molecule has 2 heteroatoms. The number of hydrogen-bond donors (Lipinski definition) is 0. The van der Waals surface area contributed by atoms with E-state index >= 15 is 0 Å². The van der Waals surface area contributed by atoms with E-state index < -0.39 is 5.54 Å². The van der Waals surface area contributed by atoms with E-state index in [1.165, 1.54) is 11.1 Å². The van der Waals surface area contributed by atoms with Crippen molar-refractivity contribution < 1.29 is 4.79 Å². The minimum absolute atomic E-state index is 0.0969. The first-order chi connectivity index (χ1) is 8.52. The van der Waals surface area contributed by atoms with Crippen LogP contribution in [0.25, 0.3) is 0 Å². The predicted molar refractivity (Wildman–Crippen MR) is 80.8 cm³/mol. The summed E-state index contributed by atoms with van der Waals surface area (Å²) in [7, 11) is 0. The van der Waals surface area contributed by atoms with Crippen LogP contribution in [0.1, 0.15) is 61.3 Å². The Kier molecular flexibility index (Phi) is 4.27. The molecule has 0 radical (unpaired) electrons. The van der Waals surface area contributed by atoms with E-state index in [0.717, 1.165) is 12.8 Å². The SMILES string of the molecule is CC(C)(N=C=O)C1=CC(C(C)(C)C(C)(C)C)=CCC1. The van der Waals surface area contributed by atoms with Gasteiger partial charge in [-0.1, -0.05) is 46.8 Å². The second-order valence-electron chi connectivity index (χ2n) is 7.50. The number of allylic oxidation sites excluding steroid dienone is 3. The van der Waals surface area contributed by atoms with Crippen LogP contribution >= 0.6 is 0 Å². The average Bonchev–Trinajstić information content (AvgIpc) is 2.27. The Balaban J connectivity index is 3.18. The van der Waals surface area contributed by atoms with Gasteiger partial charge in [-0.05, 0) is 48.7 Å². The van der Waals surface area contributed by atoms with Gasteiger partial charge in [0.1, 0.15) is 0 Å². The highest BCUT2D eigenvalue weighted by Gasteiger charge is 2.37. The molecular weight excluding hydrogens is 234 g/mol. The van der Waals surface area contributed by atoms with Crippen LogP contribution in [0.5, 0.6) is 0 Å². The molecule has 1 aliphatic rings. The fourth-order valence-corrected chi connectivity index (χ4v) is 2.24. The maximum absolute atomic E-state index is 10.6. The van der Waals surface area contributed by atoms with Gasteiger partial charge in [0.25, 0.3) is 0 Å². The first-order valence-electron chi connectivity index (χ1n) is 7.03. The topological polar surface area (TPSA) is 29.4 Å². The van der Waals surface area contributed by atoms with Crippen LogP contribution in [0.3, 0.4) is 0 Å². The van der Waals surface area contributed by atoms with E-state index in [9.17, 15) is 4.79 Å². The molecule has 1 rings (SSSR count). The summed E-state index contributed by atoms with van der Waals surface area (Å²) in [6, 6.07) is 0. The molecule has 0 spiro atoms. The Morgan fingerprint density at radius 3 is 2.16 bits per heavy atom. The number of rotatable bonds is 3. The van der Waals surface area contributed by atoms with Gasteiger partial charge >= 0.3 is 0 Å². The molecule has 0 heterocycles. The molecule has 19 heavy (non-hydrogen) atoms. The Bertz CT molecular complexity index is 452. The van der Waals surface area contributed by atoms with Gasteiger partial charge in [-0.3, -0.25) is 0 Å². The van der Waals surface area contributed by atoms with E-state index in [2.05, 4.69) is 51.8 Å². The lowest BCUT2D eigenvalue weighted by molar-refractivity contribution is 0.180. The van der Waals surface area contributed by atoms with Crippen molar-refractivity contribution in [2.45, 2.75) is 66.8 Å². The molecule has 0 aromatic carbocycles. The molecule has 2 nitrogen and oxygen atoms in total. The molecule has 0 N–H and O–H groups in total. The maximum atomic E-state index is 10.6. The van der Waals surface area contributed by atoms with Crippen molar-refractivity contribution >= 4 is 6.08 Å². The minimum atomic E-state index is -0.435. The summed E-state index contributed by atoms with van der Waals surface area (Å²) >= 11 is 0. The highest BCUT2D eigenvalue weighted by Crippen LogP contribution is 2.47. The van der Waals surface area contributed by atoms with E-state index in [0.29, 0.717) is 0 Å². The van der Waals surface area contributed by atoms with Gasteiger partial charge in [0, 0.05) is 0 Å². The number of nitrogens with zero attached hydrogens (tertiary/aromatic N) is 1. The molecule has 106 valence electrons. The number of hydrogen-bond acceptors (Lipinski definition) is 2. The quantitative estimate of drug-likeness (QED) is 0.529. The van der Waals surface area contributed by atoms with E-state index in [-0.39, 0.29) is 10.8 Å². The van der Waals surface area contributed by atoms with Crippen LogP contribution in [0.4, 0.5) is 0 Å². The lowest BCUT2D eigenvalue weighted by Gasteiger charge is -2.42. The monoisotopic (exact) mass is 261 g/mol. The van der Waals surface area contributed by atoms with Crippen LogP contribution in [0.15, 0.2) is 28.3 Å². The van der Waals surface area contributed by atoms with Gasteiger partial charge in [-0.25, -0.2) is 4.79 Å². The van der Waals surface area contributed by atoms with Gasteiger partial charge in [0.2, 0.25) is 6.08 Å². The van der Waals surface area contributed by atoms with Gasteiger partial charge in [-0.15, -0.1) is 0 Å². The fraction of sp³-hybridized carbons (Fsp3) is 0.706. The van der Waals surface area contributed by atoms with Crippen molar-refractivity contribution in [3.63, 3.8) is 0 Å². The van der Waals surface area contributed by atoms with Crippen LogP contribution < -0.4 is 0 Å². The molecule has 0 saturated heterocycles. The largest absolute Gasteiger partial charge is 0.235 e. The number of isocyanates is 1. The van der Waals surface area contributed by atoms with Crippen molar-refractivity contribution in [1.82, 2.24) is 0 Å². The molecule has 0 bridgehead atoms. The zero-order valence-electron chi connectivity index (χ0n) is 13.4. The average molecular weight is 261 g/mol. The molecule has 0 unspecified atom stereocenters. The highest BCUT2D eigenvalue weighted by molar-refractivity contribution is 5.42. The van der Waals surface area contributed by atoms with Gasteiger partial charge in [0.05, 0.1) is 5.54 Å². The van der Waals surface area contributed by atoms with Crippen molar-refractivity contribution in [2.75, 3.05) is 0 Å². The smallest absolute Gasteiger partial charge is 0.211 e. The van der Waals surface area contributed by atoms with E-state index in [1.807, 2.05) is 13.8 Å². The third-order valence-corrected chi connectivity index (χ3v) is 4.82. The van der Waals surface area contributed by atoms with Gasteiger partial charge < -0.3 is 0 Å². The summed E-state index contributed by atoms with van der Waals surface area (Å²) in [5.74, 6) is 0. The second-order valence-corrected chi connectivity index (χ2v) is 7.50. The van der Waals surface area contributed by atoms with Gasteiger partial charge in [-0.2, -0.15) is 4.99 Å². The molecular formula is C17H27NO. The summed E-state index contributed by atoms with van der Waals surface area (Å²) in [4.78, 5) is 14.5. The Hall–Kier alpha value is -1.14. The third kappa shape index (κ3) is 3.25. The number of aliphatic imine (C=N–C) groups is 1. The lowest BCUT2D eigenvalue weighted by Crippen LogP contribution is -2.32. The van der Waals surface area contributed by atoms with Crippen LogP contribution in [-0.2, 0) is 4.79 Å². The third-order valence-electron chi connectivity index (χ3n) is 4.82. The Morgan fingerprint density at radius 2 is 1.68 bits per heavy atom. The Labute approximate surface area is 117 Å². The molecule has 0 aromatic rings. The summed E-state index contributed by atoms with van der Waals surface area (Å²) in [5.41, 5.74) is 2.44. The van der Waals surface area contributed by atoms with Gasteiger partial charge in [0.15, 0.2) is 0 Å². The van der Waals surface area contributed by atoms with E-state index in [1.54, 1.807) is 6.08 Å². The minimum Gasteiger partial charge on any atom is -0.211 e. The summed E-state index contributed by atoms with van der Waals surface area (Å²) in [6.45, 7) is 15.3. The summed E-state index contributed by atoms with van der Waals surface area (Å²) in [6.07, 6.45) is 8.28. The van der Waals surface area contributed by atoms with Crippen molar-refractivity contribution in [2.24, 2.45) is 15.8 Å². The summed E-state index contributed by atoms with van der Waals surface area (Å²) in [5, 5.41) is 0. The first-order valence-corrected chi connectivity index (χ1v) is 7.03. The molecule has 0 amide bonds. The maximum Gasteiger partial charge on any atom is 0.235 e. The van der Waals surface area contributed by atoms with Crippen LogP contribution in [-0.4, -0.2) is 11.6 Å². The molecule has 1 aliphatic carbocycles. The van der Waals surface area contributed by atoms with E-state index in [4.69, 9.17) is 0 Å². The molecule has 0 atom stereocenters. The number of carbonyl (C=O) groups excluding carboxylic acids is 1. The fourth-order valence-electron chi connectivity index (χ4n) is 2.24. The second kappa shape index (κ2) is 5.09. The standard InChI is InChI=1S/C17H27NO/c1-15(2,3)16(4,5)13-9-8-10-14(11-13)17(6,7)18-12-19/h9,11H,8,10H2,1-7H3. The highest BCUT2D eigenvalue weighted by atomic mass is 16.1. The van der Waals surface area contributed by atoms with Crippen molar-refractivity contribution in [3.05, 3.63) is 23.3 Å². The zero-order valence-corrected chi connectivity index (χ0v) is 13.4. The van der Waals surface area contributed by atoms with Crippen molar-refractivity contribution in [3.8, 4) is 0 Å². The lowest BCUT2D eigenvalue weighted by atomic mass is 9.63. The summed E-state index contributed by atoms with van der Waals surface area (Å²) < 4.78 is 0. The van der Waals surface area contributed by atoms with Crippen molar-refractivity contribution in [1.29, 1.82) is 0 Å². The predicted octanol–water partition coefficient (Wildman–Crippen LogP) is 4.82. The normalized spacial score (nSPS) is 17.4. The molecule has 0 saturated carbocycles.